The van der Waals surface area contributed by atoms with Gasteiger partial charge in [0.15, 0.2) is 16.6 Å². The van der Waals surface area contributed by atoms with E-state index in [1.54, 1.807) is 11.3 Å². The van der Waals surface area contributed by atoms with Crippen LogP contribution in [0.5, 0.6) is 0 Å². The summed E-state index contributed by atoms with van der Waals surface area (Å²) in [5.41, 5.74) is 0.547. The maximum Gasteiger partial charge on any atom is 0.268 e. The number of nitrogens with one attached hydrogen (secondary N) is 2. The second kappa shape index (κ2) is 7.07. The quantitative estimate of drug-likeness (QED) is 0.461. The van der Waals surface area contributed by atoms with Crippen molar-refractivity contribution in [3.05, 3.63) is 38.9 Å². The third-order valence-corrected chi connectivity index (χ3v) is 4.95. The number of rotatable bonds is 6. The first-order chi connectivity index (χ1) is 11.2. The lowest BCUT2D eigenvalue weighted by atomic mass is 10.3. The highest BCUT2D eigenvalue weighted by atomic mass is 32.2. The number of aromatic amines is 1. The van der Waals surface area contributed by atoms with Gasteiger partial charge in [0.2, 0.25) is 0 Å². The fourth-order valence-corrected chi connectivity index (χ4v) is 3.51. The molecule has 0 radical (unpaired) electrons. The van der Waals surface area contributed by atoms with Gasteiger partial charge in [0, 0.05) is 16.7 Å². The van der Waals surface area contributed by atoms with Crippen LogP contribution in [0, 0.1) is 0 Å². The van der Waals surface area contributed by atoms with Crippen molar-refractivity contribution < 1.29 is 5.11 Å². The van der Waals surface area contributed by atoms with Gasteiger partial charge in [0.25, 0.3) is 5.56 Å². The van der Waals surface area contributed by atoms with E-state index in [2.05, 4.69) is 31.3 Å². The molecular weight excluding hydrogens is 334 g/mol. The van der Waals surface area contributed by atoms with Gasteiger partial charge in [-0.05, 0) is 18.4 Å². The molecule has 0 saturated carbocycles. The van der Waals surface area contributed by atoms with Gasteiger partial charge < -0.3 is 15.4 Å². The lowest BCUT2D eigenvalue weighted by molar-refractivity contribution is 0.281. The van der Waals surface area contributed by atoms with Crippen molar-refractivity contribution in [2.45, 2.75) is 23.9 Å². The average Bonchev–Trinajstić information content (AvgIpc) is 3.05. The van der Waals surface area contributed by atoms with E-state index in [0.717, 1.165) is 5.75 Å². The van der Waals surface area contributed by atoms with Gasteiger partial charge in [-0.1, -0.05) is 17.8 Å². The van der Waals surface area contributed by atoms with Crippen molar-refractivity contribution >= 4 is 40.1 Å². The summed E-state index contributed by atoms with van der Waals surface area (Å²) in [6.45, 7) is 1.80. The Kier molecular flexibility index (Phi) is 4.89. The Morgan fingerprint density at radius 2 is 2.35 bits per heavy atom. The minimum absolute atomic E-state index is 0.0352. The van der Waals surface area contributed by atoms with Gasteiger partial charge in [-0.3, -0.25) is 4.79 Å². The molecule has 9 heteroatoms. The molecule has 3 rings (SSSR count). The molecule has 23 heavy (non-hydrogen) atoms. The van der Waals surface area contributed by atoms with Gasteiger partial charge in [-0.25, -0.2) is 15.0 Å². The van der Waals surface area contributed by atoms with Crippen molar-refractivity contribution in [3.63, 3.8) is 0 Å². The van der Waals surface area contributed by atoms with Gasteiger partial charge in [0.05, 0.1) is 12.8 Å². The minimum atomic E-state index is -0.313. The van der Waals surface area contributed by atoms with Gasteiger partial charge in [0.1, 0.15) is 5.52 Å². The number of anilines is 1. The van der Waals surface area contributed by atoms with Gasteiger partial charge in [-0.2, -0.15) is 0 Å². The first kappa shape index (κ1) is 15.9. The van der Waals surface area contributed by atoms with Crippen LogP contribution in [0.3, 0.4) is 0 Å². The summed E-state index contributed by atoms with van der Waals surface area (Å²) in [5, 5.41) is 14.9. The topological polar surface area (TPSA) is 104 Å². The summed E-state index contributed by atoms with van der Waals surface area (Å²) in [7, 11) is 0. The summed E-state index contributed by atoms with van der Waals surface area (Å²) in [4.78, 5) is 28.3. The summed E-state index contributed by atoms with van der Waals surface area (Å²) in [6.07, 6.45) is 1.19. The number of H-pyrrole nitrogens is 1. The molecule has 120 valence electrons. The maximum atomic E-state index is 11.5. The van der Waals surface area contributed by atoms with Crippen molar-refractivity contribution in [2.75, 3.05) is 11.9 Å². The normalized spacial score (nSPS) is 12.4. The molecule has 0 unspecified atom stereocenters. The van der Waals surface area contributed by atoms with Crippen LogP contribution in [0.2, 0.25) is 0 Å². The van der Waals surface area contributed by atoms with E-state index in [1.807, 2.05) is 18.4 Å². The van der Waals surface area contributed by atoms with Crippen molar-refractivity contribution in [1.29, 1.82) is 0 Å². The number of fused-ring (bicyclic) bond motifs is 1. The summed E-state index contributed by atoms with van der Waals surface area (Å²) < 4.78 is 0. The van der Waals surface area contributed by atoms with Crippen LogP contribution in [0.1, 0.15) is 11.8 Å². The van der Waals surface area contributed by atoms with Crippen molar-refractivity contribution in [2.24, 2.45) is 0 Å². The van der Waals surface area contributed by atoms with Crippen molar-refractivity contribution in [1.82, 2.24) is 19.9 Å². The predicted molar refractivity (Wildman–Crippen MR) is 92.0 cm³/mol. The number of aliphatic hydroxyl groups excluding tert-OH is 1. The predicted octanol–water partition coefficient (Wildman–Crippen LogP) is 1.86. The molecule has 0 bridgehead atoms. The van der Waals surface area contributed by atoms with Crippen LogP contribution >= 0.6 is 23.1 Å². The smallest absolute Gasteiger partial charge is 0.268 e. The third kappa shape index (κ3) is 3.87. The molecule has 0 spiro atoms. The number of nitrogens with zero attached hydrogens (tertiary/aromatic N) is 3. The molecule has 0 fully saturated rings. The average molecular weight is 349 g/mol. The van der Waals surface area contributed by atoms with Crippen LogP contribution in [0.15, 0.2) is 33.7 Å². The highest BCUT2D eigenvalue weighted by Gasteiger charge is 2.12. The zero-order chi connectivity index (χ0) is 16.2. The SMILES string of the molecule is C[C@H](CO)Nc1nc(SCc2cccs2)nc2[nH]c(=O)cnc12. The van der Waals surface area contributed by atoms with Crippen LogP contribution in [0.25, 0.3) is 11.2 Å². The number of hydrogen-bond donors (Lipinski definition) is 3. The van der Waals surface area contributed by atoms with E-state index in [9.17, 15) is 9.90 Å². The Morgan fingerprint density at radius 1 is 1.48 bits per heavy atom. The van der Waals surface area contributed by atoms with Crippen molar-refractivity contribution in [3.8, 4) is 0 Å². The molecule has 0 saturated heterocycles. The van der Waals surface area contributed by atoms with E-state index in [0.29, 0.717) is 22.1 Å². The standard InChI is InChI=1S/C14H15N5O2S2/c1-8(6-20)16-12-11-13(17-10(21)5-15-11)19-14(18-12)23-7-9-3-2-4-22-9/h2-5,8,20H,6-7H2,1H3,(H2,16,17,18,19,21)/t8-/m1/s1. The zero-order valence-electron chi connectivity index (χ0n) is 12.3. The molecule has 3 aromatic rings. The summed E-state index contributed by atoms with van der Waals surface area (Å²) >= 11 is 3.16. The zero-order valence-corrected chi connectivity index (χ0v) is 13.9. The molecule has 0 aliphatic carbocycles. The van der Waals surface area contributed by atoms with E-state index < -0.39 is 0 Å². The van der Waals surface area contributed by atoms with E-state index >= 15 is 0 Å². The molecular formula is C14H15N5O2S2. The lowest BCUT2D eigenvalue weighted by Gasteiger charge is -2.13. The maximum absolute atomic E-state index is 11.5. The molecule has 3 aromatic heterocycles. The first-order valence-electron chi connectivity index (χ1n) is 6.95. The molecule has 3 heterocycles. The summed E-state index contributed by atoms with van der Waals surface area (Å²) in [6, 6.07) is 3.87. The fourth-order valence-electron chi connectivity index (χ4n) is 1.89. The van der Waals surface area contributed by atoms with E-state index in [1.165, 1.54) is 22.8 Å². The number of aliphatic hydroxyl groups is 1. The van der Waals surface area contributed by atoms with Crippen LogP contribution in [-0.4, -0.2) is 37.7 Å². The highest BCUT2D eigenvalue weighted by molar-refractivity contribution is 7.98. The minimum Gasteiger partial charge on any atom is -0.394 e. The Morgan fingerprint density at radius 3 is 3.09 bits per heavy atom. The van der Waals surface area contributed by atoms with Crippen LogP contribution in [0.4, 0.5) is 5.82 Å². The molecule has 3 N–H and O–H groups in total. The molecule has 0 aliphatic heterocycles. The highest BCUT2D eigenvalue weighted by Crippen LogP contribution is 2.25. The fraction of sp³-hybridized carbons (Fsp3) is 0.286. The Bertz CT molecular complexity index is 850. The largest absolute Gasteiger partial charge is 0.394 e. The Balaban J connectivity index is 1.95. The second-order valence-electron chi connectivity index (χ2n) is 4.90. The molecule has 0 amide bonds. The Hall–Kier alpha value is -1.97. The number of thioether (sulfide) groups is 1. The third-order valence-electron chi connectivity index (χ3n) is 3.00. The molecule has 0 aromatic carbocycles. The number of aromatic nitrogens is 4. The molecule has 7 nitrogen and oxygen atoms in total. The number of hydrogen-bond acceptors (Lipinski definition) is 8. The van der Waals surface area contributed by atoms with E-state index in [-0.39, 0.29) is 18.2 Å². The van der Waals surface area contributed by atoms with Crippen LogP contribution < -0.4 is 10.9 Å². The van der Waals surface area contributed by atoms with Crippen LogP contribution in [-0.2, 0) is 5.75 Å². The second-order valence-corrected chi connectivity index (χ2v) is 6.87. The monoisotopic (exact) mass is 349 g/mol. The molecule has 1 atom stereocenters. The summed E-state index contributed by atoms with van der Waals surface area (Å²) in [5.74, 6) is 1.25. The number of thiophene rings is 1. The lowest BCUT2D eigenvalue weighted by Crippen LogP contribution is -2.21. The van der Waals surface area contributed by atoms with Gasteiger partial charge >= 0.3 is 0 Å². The first-order valence-corrected chi connectivity index (χ1v) is 8.82. The molecule has 0 aliphatic rings. The Labute approximate surface area is 140 Å². The van der Waals surface area contributed by atoms with Gasteiger partial charge in [-0.15, -0.1) is 11.3 Å². The van der Waals surface area contributed by atoms with E-state index in [4.69, 9.17) is 0 Å².